The second-order valence-corrected chi connectivity index (χ2v) is 9.80. The van der Waals surface area contributed by atoms with Crippen LogP contribution in [0.3, 0.4) is 0 Å². The number of primary amides is 1. The lowest BCUT2D eigenvalue weighted by molar-refractivity contribution is -0.128. The van der Waals surface area contributed by atoms with Gasteiger partial charge in [0.05, 0.1) is 12.1 Å². The number of halogens is 2. The van der Waals surface area contributed by atoms with Gasteiger partial charge in [0.2, 0.25) is 17.7 Å². The van der Waals surface area contributed by atoms with E-state index in [2.05, 4.69) is 15.7 Å². The average Bonchev–Trinajstić information content (AvgIpc) is 3.09. The largest absolute Gasteiger partial charge is 0.368 e. The molecule has 3 rings (SSSR count). The van der Waals surface area contributed by atoms with Crippen molar-refractivity contribution in [3.63, 3.8) is 0 Å². The fourth-order valence-electron chi connectivity index (χ4n) is 4.11. The Morgan fingerprint density at radius 3 is 2.45 bits per heavy atom. The van der Waals surface area contributed by atoms with E-state index < -0.39 is 35.1 Å². The lowest BCUT2D eigenvalue weighted by Gasteiger charge is -2.30. The van der Waals surface area contributed by atoms with Crippen LogP contribution in [0.5, 0.6) is 0 Å². The van der Waals surface area contributed by atoms with Gasteiger partial charge in [-0.3, -0.25) is 19.1 Å². The van der Waals surface area contributed by atoms with Gasteiger partial charge >= 0.3 is 0 Å². The normalized spacial score (nSPS) is 17.5. The first-order chi connectivity index (χ1) is 15.4. The van der Waals surface area contributed by atoms with E-state index in [1.54, 1.807) is 37.6 Å². The van der Waals surface area contributed by atoms with Crippen LogP contribution in [0.25, 0.3) is 10.9 Å². The fourth-order valence-corrected chi connectivity index (χ4v) is 4.11. The Labute approximate surface area is 191 Å². The number of hydrogen-bond acceptors (Lipinski definition) is 4. The third kappa shape index (κ3) is 6.06. The maximum absolute atomic E-state index is 13.5. The minimum Gasteiger partial charge on any atom is -0.368 e. The Hall–Kier alpha value is -3.04. The van der Waals surface area contributed by atoms with Gasteiger partial charge in [-0.15, -0.1) is 0 Å². The highest BCUT2D eigenvalue weighted by Gasteiger charge is 2.36. The number of nitrogens with one attached hydrogen (secondary N) is 2. The number of nitrogens with zero attached hydrogens (tertiary/aromatic N) is 2. The van der Waals surface area contributed by atoms with Gasteiger partial charge in [0.15, 0.2) is 5.69 Å². The number of fused-ring (bicyclic) bond motifs is 1. The molecule has 0 radical (unpaired) electrons. The summed E-state index contributed by atoms with van der Waals surface area (Å²) in [5, 5.41) is 10.3. The Kier molecular flexibility index (Phi) is 7.04. The third-order valence-corrected chi connectivity index (χ3v) is 5.98. The molecule has 180 valence electrons. The summed E-state index contributed by atoms with van der Waals surface area (Å²) in [5.74, 6) is -4.31. The number of benzene rings is 1. The molecule has 1 aromatic carbocycles. The molecule has 0 saturated heterocycles. The highest BCUT2D eigenvalue weighted by Crippen LogP contribution is 2.37. The fraction of sp³-hybridized carbons (Fsp3) is 0.565. The number of amides is 3. The van der Waals surface area contributed by atoms with Crippen molar-refractivity contribution in [1.29, 1.82) is 0 Å². The van der Waals surface area contributed by atoms with E-state index >= 15 is 0 Å². The molecule has 1 aromatic heterocycles. The molecular formula is C23H31F2N5O3. The molecule has 1 unspecified atom stereocenters. The molecule has 3 amide bonds. The second-order valence-electron chi connectivity index (χ2n) is 9.80. The summed E-state index contributed by atoms with van der Waals surface area (Å²) in [7, 11) is 0. The van der Waals surface area contributed by atoms with Gasteiger partial charge in [0, 0.05) is 24.8 Å². The van der Waals surface area contributed by atoms with E-state index in [1.807, 2.05) is 12.1 Å². The van der Waals surface area contributed by atoms with E-state index in [1.165, 1.54) is 0 Å². The highest BCUT2D eigenvalue weighted by molar-refractivity contribution is 6.06. The van der Waals surface area contributed by atoms with Gasteiger partial charge in [0.25, 0.3) is 5.91 Å². The molecule has 1 atom stereocenters. The van der Waals surface area contributed by atoms with Crippen LogP contribution in [-0.4, -0.2) is 46.0 Å². The zero-order chi connectivity index (χ0) is 24.4. The molecule has 0 spiro atoms. The average molecular weight is 464 g/mol. The molecule has 4 N–H and O–H groups in total. The van der Waals surface area contributed by atoms with Crippen LogP contribution in [0.2, 0.25) is 0 Å². The molecule has 1 heterocycles. The van der Waals surface area contributed by atoms with Crippen LogP contribution >= 0.6 is 0 Å². The quantitative estimate of drug-likeness (QED) is 0.585. The number of aromatic nitrogens is 2. The van der Waals surface area contributed by atoms with Crippen LogP contribution in [0.4, 0.5) is 8.78 Å². The molecule has 10 heteroatoms. The number of rotatable bonds is 7. The molecule has 1 aliphatic carbocycles. The number of carbonyl (C=O) groups excluding carboxylic acids is 3. The predicted molar refractivity (Wildman–Crippen MR) is 120 cm³/mol. The van der Waals surface area contributed by atoms with Crippen LogP contribution in [-0.2, 0) is 16.1 Å². The monoisotopic (exact) mass is 463 g/mol. The van der Waals surface area contributed by atoms with Crippen molar-refractivity contribution in [2.45, 2.75) is 65.0 Å². The van der Waals surface area contributed by atoms with E-state index in [-0.39, 0.29) is 31.0 Å². The molecule has 1 saturated carbocycles. The van der Waals surface area contributed by atoms with Crippen molar-refractivity contribution in [3.8, 4) is 0 Å². The van der Waals surface area contributed by atoms with Gasteiger partial charge in [-0.1, -0.05) is 39.0 Å². The van der Waals surface area contributed by atoms with Gasteiger partial charge in [-0.05, 0) is 30.2 Å². The summed E-state index contributed by atoms with van der Waals surface area (Å²) < 4.78 is 28.7. The molecule has 0 bridgehead atoms. The lowest BCUT2D eigenvalue weighted by atomic mass is 9.86. The van der Waals surface area contributed by atoms with Crippen molar-refractivity contribution < 1.29 is 23.2 Å². The molecule has 8 nitrogen and oxygen atoms in total. The van der Waals surface area contributed by atoms with Gasteiger partial charge in [0.1, 0.15) is 6.04 Å². The van der Waals surface area contributed by atoms with Crippen LogP contribution < -0.4 is 16.4 Å². The molecule has 33 heavy (non-hydrogen) atoms. The van der Waals surface area contributed by atoms with E-state index in [0.29, 0.717) is 24.8 Å². The van der Waals surface area contributed by atoms with E-state index in [9.17, 15) is 23.2 Å². The van der Waals surface area contributed by atoms with Crippen LogP contribution in [0.15, 0.2) is 24.3 Å². The lowest BCUT2D eigenvalue weighted by Crippen LogP contribution is -2.54. The smallest absolute Gasteiger partial charge is 0.273 e. The van der Waals surface area contributed by atoms with Crippen LogP contribution in [0, 0.1) is 11.3 Å². The first-order valence-electron chi connectivity index (χ1n) is 11.1. The third-order valence-electron chi connectivity index (χ3n) is 5.98. The van der Waals surface area contributed by atoms with Crippen molar-refractivity contribution in [2.75, 3.05) is 6.54 Å². The minimum atomic E-state index is -2.61. The first kappa shape index (κ1) is 24.6. The zero-order valence-electron chi connectivity index (χ0n) is 19.2. The van der Waals surface area contributed by atoms with Crippen molar-refractivity contribution in [2.24, 2.45) is 17.1 Å². The first-order valence-corrected chi connectivity index (χ1v) is 11.1. The van der Waals surface area contributed by atoms with Crippen molar-refractivity contribution in [3.05, 3.63) is 30.0 Å². The van der Waals surface area contributed by atoms with Crippen LogP contribution in [0.1, 0.15) is 56.9 Å². The topological polar surface area (TPSA) is 119 Å². The van der Waals surface area contributed by atoms with Gasteiger partial charge in [-0.25, -0.2) is 8.78 Å². The highest BCUT2D eigenvalue weighted by atomic mass is 19.3. The Balaban J connectivity index is 1.83. The molecular weight excluding hydrogens is 432 g/mol. The zero-order valence-corrected chi connectivity index (χ0v) is 19.2. The predicted octanol–water partition coefficient (Wildman–Crippen LogP) is 2.61. The summed E-state index contributed by atoms with van der Waals surface area (Å²) in [6.45, 7) is 5.47. The number of para-hydroxylation sites is 1. The Morgan fingerprint density at radius 2 is 1.85 bits per heavy atom. The Morgan fingerprint density at radius 1 is 1.21 bits per heavy atom. The molecule has 2 aromatic rings. The SMILES string of the molecule is CC(C)(C)C(NC(=O)c1nn(CC2CCC(F)(F)CC2)c2ccccc12)C(=O)NCC(N)=O. The number of carbonyl (C=O) groups is 3. The van der Waals surface area contributed by atoms with Crippen molar-refractivity contribution in [1.82, 2.24) is 20.4 Å². The molecule has 1 aliphatic rings. The standard InChI is InChI=1S/C23H31F2N5O3/c1-22(2,3)19(21(33)27-12-17(26)31)28-20(32)18-15-6-4-5-7-16(15)30(29-18)13-14-8-10-23(24,25)11-9-14/h4-7,14,19H,8-13H2,1-3H3,(H2,26,31)(H,27,33)(H,28,32). The van der Waals surface area contributed by atoms with E-state index in [0.717, 1.165) is 5.52 Å². The summed E-state index contributed by atoms with van der Waals surface area (Å²) in [6, 6.07) is 6.27. The van der Waals surface area contributed by atoms with Gasteiger partial charge in [-0.2, -0.15) is 5.10 Å². The maximum Gasteiger partial charge on any atom is 0.273 e. The van der Waals surface area contributed by atoms with Gasteiger partial charge < -0.3 is 16.4 Å². The molecule has 1 fully saturated rings. The minimum absolute atomic E-state index is 0.0470. The summed E-state index contributed by atoms with van der Waals surface area (Å²) >= 11 is 0. The van der Waals surface area contributed by atoms with E-state index in [4.69, 9.17) is 5.73 Å². The Bertz CT molecular complexity index is 1030. The summed E-state index contributed by atoms with van der Waals surface area (Å²) in [4.78, 5) is 36.8. The van der Waals surface area contributed by atoms with Crippen molar-refractivity contribution >= 4 is 28.6 Å². The number of nitrogens with two attached hydrogens (primary N) is 1. The summed E-state index contributed by atoms with van der Waals surface area (Å²) in [6.07, 6.45) is 0.513. The molecule has 0 aliphatic heterocycles. The summed E-state index contributed by atoms with van der Waals surface area (Å²) in [5.41, 5.74) is 5.34. The maximum atomic E-state index is 13.5. The number of hydrogen-bond donors (Lipinski definition) is 3. The second kappa shape index (κ2) is 9.44. The number of alkyl halides is 2.